The molecule has 0 spiro atoms. The van der Waals surface area contributed by atoms with Gasteiger partial charge in [-0.05, 0) is 13.8 Å². The van der Waals surface area contributed by atoms with E-state index in [0.717, 1.165) is 7.11 Å². The second-order valence-corrected chi connectivity index (χ2v) is 8.85. The number of benzene rings is 2. The summed E-state index contributed by atoms with van der Waals surface area (Å²) in [6.45, 7) is 10.6. The second-order valence-electron chi connectivity index (χ2n) is 6.28. The van der Waals surface area contributed by atoms with Gasteiger partial charge in [-0.1, -0.05) is 35.4 Å². The number of halogens is 2. The zero-order chi connectivity index (χ0) is 20.1. The fraction of sp³-hybridized carbons (Fsp3) is 0.318. The van der Waals surface area contributed by atoms with Gasteiger partial charge in [-0.25, -0.2) is 0 Å². The Labute approximate surface area is 175 Å². The molecule has 0 fully saturated rings. The summed E-state index contributed by atoms with van der Waals surface area (Å²) in [7, 11) is 10.8. The Morgan fingerprint density at radius 1 is 1.00 bits per heavy atom. The van der Waals surface area contributed by atoms with Crippen LogP contribution in [0.25, 0.3) is 10.8 Å². The van der Waals surface area contributed by atoms with E-state index in [4.69, 9.17) is 23.7 Å². The summed E-state index contributed by atoms with van der Waals surface area (Å²) >= 11 is -0.556. The molecule has 0 radical (unpaired) electrons. The third kappa shape index (κ3) is 8.88. The first kappa shape index (κ1) is 25.4. The molecular formula is C22H28Cl2OTi-2. The van der Waals surface area contributed by atoms with Crippen LogP contribution in [-0.4, -0.2) is 12.2 Å². The first-order chi connectivity index (χ1) is 12.4. The Bertz CT molecular complexity index is 705. The van der Waals surface area contributed by atoms with Gasteiger partial charge in [-0.2, -0.15) is 20.8 Å². The molecule has 1 aliphatic carbocycles. The summed E-state index contributed by atoms with van der Waals surface area (Å²) in [5, 5.41) is 9.47. The van der Waals surface area contributed by atoms with E-state index in [9.17, 15) is 0 Å². The summed E-state index contributed by atoms with van der Waals surface area (Å²) in [6.07, 6.45) is 4.48. The van der Waals surface area contributed by atoms with Crippen molar-refractivity contribution in [2.45, 2.75) is 40.5 Å². The first-order valence-electron chi connectivity index (χ1n) is 8.35. The van der Waals surface area contributed by atoms with E-state index in [0.29, 0.717) is 5.92 Å². The molecule has 0 aromatic heterocycles. The molecule has 1 N–H and O–H groups in total. The summed E-state index contributed by atoms with van der Waals surface area (Å²) in [6, 6.07) is 16.3. The van der Waals surface area contributed by atoms with Crippen molar-refractivity contribution >= 4 is 29.4 Å². The van der Waals surface area contributed by atoms with Gasteiger partial charge in [-0.15, -0.1) is 46.7 Å². The quantitative estimate of drug-likeness (QED) is 0.376. The average Bonchev–Trinajstić information content (AvgIpc) is 2.96. The van der Waals surface area contributed by atoms with Crippen LogP contribution in [0.5, 0.6) is 0 Å². The molecule has 1 aliphatic rings. The van der Waals surface area contributed by atoms with E-state index >= 15 is 0 Å². The zero-order valence-electron chi connectivity index (χ0n) is 16.4. The van der Waals surface area contributed by atoms with Gasteiger partial charge in [0.25, 0.3) is 0 Å². The van der Waals surface area contributed by atoms with Crippen LogP contribution in [0.3, 0.4) is 0 Å². The maximum absolute atomic E-state index is 7.00. The minimum atomic E-state index is -0.556. The summed E-state index contributed by atoms with van der Waals surface area (Å²) < 4.78 is 0. The fourth-order valence-electron chi connectivity index (χ4n) is 2.41. The van der Waals surface area contributed by atoms with Crippen molar-refractivity contribution in [2.75, 3.05) is 7.11 Å². The number of aliphatic hydroxyl groups excluding tert-OH is 1. The third-order valence-corrected chi connectivity index (χ3v) is 3.64. The molecule has 142 valence electrons. The molecule has 3 rings (SSSR count). The summed E-state index contributed by atoms with van der Waals surface area (Å²) in [5.74, 6) is 1.83. The van der Waals surface area contributed by atoms with E-state index in [1.807, 2.05) is 0 Å². The van der Waals surface area contributed by atoms with E-state index in [1.54, 1.807) is 0 Å². The Balaban J connectivity index is 0.000000594. The molecule has 0 saturated carbocycles. The van der Waals surface area contributed by atoms with Gasteiger partial charge in [0.2, 0.25) is 0 Å². The number of rotatable bonds is 1. The Morgan fingerprint density at radius 3 is 2.04 bits per heavy atom. The molecule has 0 saturated heterocycles. The predicted molar refractivity (Wildman–Crippen MR) is 113 cm³/mol. The normalized spacial score (nSPS) is 14.8. The number of hydrogen-bond acceptors (Lipinski definition) is 1. The van der Waals surface area contributed by atoms with Crippen LogP contribution in [-0.2, 0) is 17.0 Å². The van der Waals surface area contributed by atoms with E-state index in [1.165, 1.54) is 33.4 Å². The van der Waals surface area contributed by atoms with Crippen molar-refractivity contribution in [3.63, 3.8) is 0 Å². The maximum atomic E-state index is 7.00. The Morgan fingerprint density at radius 2 is 1.54 bits per heavy atom. The summed E-state index contributed by atoms with van der Waals surface area (Å²) in [4.78, 5) is 0. The van der Waals surface area contributed by atoms with E-state index in [2.05, 4.69) is 89.2 Å². The van der Waals surface area contributed by atoms with Crippen molar-refractivity contribution in [3.8, 4) is 0 Å². The van der Waals surface area contributed by atoms with Gasteiger partial charge in [0.1, 0.15) is 0 Å². The van der Waals surface area contributed by atoms with Gasteiger partial charge in [0.15, 0.2) is 0 Å². The fourth-order valence-corrected chi connectivity index (χ4v) is 2.41. The monoisotopic (exact) mass is 426 g/mol. The number of aliphatic hydroxyl groups is 1. The molecule has 0 aliphatic heterocycles. The number of allylic oxidation sites excluding steroid dienone is 4. The predicted octanol–water partition coefficient (Wildman–Crippen LogP) is 7.24. The average molecular weight is 427 g/mol. The van der Waals surface area contributed by atoms with Crippen LogP contribution in [0.15, 0.2) is 59.7 Å². The topological polar surface area (TPSA) is 20.2 Å². The van der Waals surface area contributed by atoms with E-state index < -0.39 is 17.0 Å². The van der Waals surface area contributed by atoms with Crippen molar-refractivity contribution in [1.29, 1.82) is 0 Å². The summed E-state index contributed by atoms with van der Waals surface area (Å²) in [5.41, 5.74) is 4.10. The molecule has 26 heavy (non-hydrogen) atoms. The Hall–Kier alpha value is -0.566. The van der Waals surface area contributed by atoms with Crippen LogP contribution in [0.2, 0.25) is 0 Å². The standard InChI is InChI=1S/C17H15.C4H9.CH4O.2ClH.Ti/c1-12-7-10-17(13(12)2)16-9-8-14-5-3-4-6-15(14)11-16;1-4(2)3;1-2;;;/h3-10,17H,1-2H3;1-3H3;2H,1H3;2*1H;/q2*-1;;;;+2/p-2. The molecule has 2 aromatic carbocycles. The van der Waals surface area contributed by atoms with Gasteiger partial charge in [0, 0.05) is 13.0 Å². The van der Waals surface area contributed by atoms with Crippen molar-refractivity contribution < 1.29 is 22.1 Å². The molecular weight excluding hydrogens is 399 g/mol. The third-order valence-electron chi connectivity index (χ3n) is 3.64. The van der Waals surface area contributed by atoms with Crippen LogP contribution in [0, 0.1) is 12.0 Å². The SMILES string of the molecule is CC1=C(C)C(c2[c-]c3ccccc3cc2)C=C1.CO.C[C-](C)C.[Cl][Ti][Cl]. The number of hydrogen-bond donors (Lipinski definition) is 1. The van der Waals surface area contributed by atoms with Crippen molar-refractivity contribution in [3.05, 3.63) is 77.2 Å². The van der Waals surface area contributed by atoms with Gasteiger partial charge < -0.3 is 11.0 Å². The van der Waals surface area contributed by atoms with Crippen molar-refractivity contribution in [1.82, 2.24) is 0 Å². The minimum absolute atomic E-state index is 0.416. The molecule has 1 nitrogen and oxygen atoms in total. The first-order valence-corrected chi connectivity index (χ1v) is 12.6. The van der Waals surface area contributed by atoms with Crippen LogP contribution in [0.4, 0.5) is 0 Å². The van der Waals surface area contributed by atoms with Crippen molar-refractivity contribution in [2.24, 2.45) is 0 Å². The molecule has 1 atom stereocenters. The van der Waals surface area contributed by atoms with Crippen LogP contribution < -0.4 is 0 Å². The second kappa shape index (κ2) is 14.5. The van der Waals surface area contributed by atoms with Gasteiger partial charge in [0.05, 0.1) is 0 Å². The van der Waals surface area contributed by atoms with Crippen LogP contribution in [0.1, 0.15) is 46.1 Å². The molecule has 1 unspecified atom stereocenters. The van der Waals surface area contributed by atoms with Crippen LogP contribution >= 0.6 is 18.6 Å². The molecule has 4 heteroatoms. The van der Waals surface area contributed by atoms with Gasteiger partial charge >= 0.3 is 35.6 Å². The molecule has 2 aromatic rings. The molecule has 0 bridgehead atoms. The van der Waals surface area contributed by atoms with Gasteiger partial charge in [-0.3, -0.25) is 0 Å². The molecule has 0 heterocycles. The molecule has 0 amide bonds. The number of fused-ring (bicyclic) bond motifs is 1. The zero-order valence-corrected chi connectivity index (χ0v) is 19.5. The van der Waals surface area contributed by atoms with E-state index in [-0.39, 0.29) is 0 Å². The Kier molecular flexibility index (Phi) is 14.2.